The van der Waals surface area contributed by atoms with Gasteiger partial charge in [-0.1, -0.05) is 226 Å². The fourth-order valence-electron chi connectivity index (χ4n) is 6.86. The maximum Gasteiger partial charge on any atom is 0.303 e. The molecule has 3 N–H and O–H groups in total. The lowest BCUT2D eigenvalue weighted by atomic mass is 10.0. The third-order valence-corrected chi connectivity index (χ3v) is 10.2. The molecule has 0 aliphatic heterocycles. The van der Waals surface area contributed by atoms with Gasteiger partial charge in [0.2, 0.25) is 0 Å². The summed E-state index contributed by atoms with van der Waals surface area (Å²) in [7, 11) is 0. The van der Waals surface area contributed by atoms with E-state index in [1.807, 2.05) is 0 Å². The second kappa shape index (κ2) is 47.4. The predicted octanol–water partition coefficient (Wildman–Crippen LogP) is 13.4. The van der Waals surface area contributed by atoms with Crippen LogP contribution in [0.4, 0.5) is 0 Å². The summed E-state index contributed by atoms with van der Waals surface area (Å²) >= 11 is 0. The van der Waals surface area contributed by atoms with Crippen molar-refractivity contribution >= 4 is 5.97 Å². The molecule has 0 fully saturated rings. The van der Waals surface area contributed by atoms with E-state index in [-0.39, 0.29) is 13.2 Å². The number of hydrogen-bond donors (Lipinski definition) is 3. The summed E-state index contributed by atoms with van der Waals surface area (Å²) in [6.07, 6.45) is 48.4. The van der Waals surface area contributed by atoms with E-state index in [2.05, 4.69) is 18.7 Å². The molecule has 0 radical (unpaired) electrons. The van der Waals surface area contributed by atoms with Crippen molar-refractivity contribution in [2.75, 3.05) is 32.8 Å². The molecule has 0 spiro atoms. The quantitative estimate of drug-likeness (QED) is 0.0554. The van der Waals surface area contributed by atoms with Gasteiger partial charge < -0.3 is 15.3 Å². The van der Waals surface area contributed by atoms with Gasteiger partial charge in [0, 0.05) is 19.5 Å². The number of carbonyl (C=O) groups is 1. The molecule has 0 saturated heterocycles. The zero-order chi connectivity index (χ0) is 36.1. The largest absolute Gasteiger partial charge is 0.481 e. The lowest BCUT2D eigenvalue weighted by Gasteiger charge is -2.19. The molecule has 0 aliphatic rings. The van der Waals surface area contributed by atoms with Crippen LogP contribution in [0.2, 0.25) is 0 Å². The Morgan fingerprint density at radius 3 is 0.796 bits per heavy atom. The van der Waals surface area contributed by atoms with E-state index < -0.39 is 5.97 Å². The van der Waals surface area contributed by atoms with Crippen LogP contribution in [0.1, 0.15) is 245 Å². The van der Waals surface area contributed by atoms with E-state index in [1.165, 1.54) is 212 Å². The van der Waals surface area contributed by atoms with Crippen molar-refractivity contribution in [2.24, 2.45) is 0 Å². The van der Waals surface area contributed by atoms with E-state index in [0.717, 1.165) is 19.4 Å². The van der Waals surface area contributed by atoms with Gasteiger partial charge in [-0.05, 0) is 19.4 Å². The summed E-state index contributed by atoms with van der Waals surface area (Å²) in [5.74, 6) is -0.653. The highest BCUT2D eigenvalue weighted by Gasteiger charge is 2.03. The lowest BCUT2D eigenvalue weighted by molar-refractivity contribution is -0.137. The molecular formula is C44H91NO4. The van der Waals surface area contributed by atoms with Gasteiger partial charge in [0.1, 0.15) is 0 Å². The first-order valence-corrected chi connectivity index (χ1v) is 22.3. The van der Waals surface area contributed by atoms with E-state index in [4.69, 9.17) is 15.3 Å². The van der Waals surface area contributed by atoms with Gasteiger partial charge in [-0.3, -0.25) is 9.69 Å². The number of nitrogens with zero attached hydrogens (tertiary/aromatic N) is 1. The van der Waals surface area contributed by atoms with Crippen LogP contribution in [-0.2, 0) is 4.79 Å². The fourth-order valence-corrected chi connectivity index (χ4v) is 6.86. The number of carboxylic acid groups (broad SMARTS) is 1. The van der Waals surface area contributed by atoms with Crippen LogP contribution in [0.15, 0.2) is 0 Å². The maximum absolute atomic E-state index is 10.3. The molecule has 0 rings (SSSR count). The minimum absolute atomic E-state index is 0.194. The van der Waals surface area contributed by atoms with Crippen molar-refractivity contribution in [1.82, 2.24) is 4.90 Å². The molecular weight excluding hydrogens is 606 g/mol. The van der Waals surface area contributed by atoms with Gasteiger partial charge in [0.15, 0.2) is 0 Å². The molecule has 5 nitrogen and oxygen atoms in total. The van der Waals surface area contributed by atoms with E-state index in [9.17, 15) is 4.79 Å². The number of carboxylic acids is 1. The third kappa shape index (κ3) is 49.5. The number of aliphatic hydroxyl groups is 2. The number of hydrogen-bond acceptors (Lipinski definition) is 4. The minimum Gasteiger partial charge on any atom is -0.481 e. The molecule has 49 heavy (non-hydrogen) atoms. The van der Waals surface area contributed by atoms with Crippen molar-refractivity contribution < 1.29 is 20.1 Å². The normalized spacial score (nSPS) is 11.3. The van der Waals surface area contributed by atoms with Gasteiger partial charge in [0.05, 0.1) is 13.2 Å². The van der Waals surface area contributed by atoms with Crippen molar-refractivity contribution in [1.29, 1.82) is 0 Å². The first kappa shape index (κ1) is 50.5. The maximum atomic E-state index is 10.3. The Labute approximate surface area is 308 Å². The van der Waals surface area contributed by atoms with Gasteiger partial charge >= 0.3 is 5.97 Å². The summed E-state index contributed by atoms with van der Waals surface area (Å²) in [5.41, 5.74) is 0. The van der Waals surface area contributed by atoms with Crippen molar-refractivity contribution in [3.8, 4) is 0 Å². The van der Waals surface area contributed by atoms with Crippen LogP contribution >= 0.6 is 0 Å². The highest BCUT2D eigenvalue weighted by molar-refractivity contribution is 5.66. The van der Waals surface area contributed by atoms with E-state index >= 15 is 0 Å². The molecule has 0 bridgehead atoms. The Kier molecular flexibility index (Phi) is 48.8. The van der Waals surface area contributed by atoms with E-state index in [1.54, 1.807) is 0 Å². The summed E-state index contributed by atoms with van der Waals surface area (Å²) in [6.45, 7) is 7.35. The first-order valence-electron chi connectivity index (χ1n) is 22.3. The Balaban J connectivity index is 0. The molecule has 0 aromatic carbocycles. The zero-order valence-corrected chi connectivity index (χ0v) is 33.7. The topological polar surface area (TPSA) is 81.0 Å². The van der Waals surface area contributed by atoms with Crippen LogP contribution in [0, 0.1) is 0 Å². The van der Waals surface area contributed by atoms with Gasteiger partial charge in [0.25, 0.3) is 0 Å². The average molecular weight is 698 g/mol. The van der Waals surface area contributed by atoms with Crippen LogP contribution in [0.25, 0.3) is 0 Å². The monoisotopic (exact) mass is 698 g/mol. The Bertz CT molecular complexity index is 581. The van der Waals surface area contributed by atoms with Crippen LogP contribution in [0.5, 0.6) is 0 Å². The lowest BCUT2D eigenvalue weighted by Crippen LogP contribution is -2.30. The molecule has 0 saturated carbocycles. The number of rotatable bonds is 41. The second-order valence-electron chi connectivity index (χ2n) is 15.1. The Morgan fingerprint density at radius 2 is 0.571 bits per heavy atom. The molecule has 296 valence electrons. The molecule has 0 atom stereocenters. The second-order valence-corrected chi connectivity index (χ2v) is 15.1. The molecule has 0 unspecified atom stereocenters. The SMILES string of the molecule is CCCCCCCCCCCCCCCCCC(=O)O.CCCCCCCCCCCCCCCCCCCCCCN(CCO)CCO. The fraction of sp³-hybridized carbons (Fsp3) is 0.977. The highest BCUT2D eigenvalue weighted by Crippen LogP contribution is 2.16. The third-order valence-electron chi connectivity index (χ3n) is 10.2. The number of aliphatic hydroxyl groups excluding tert-OH is 2. The molecule has 0 aromatic heterocycles. The average Bonchev–Trinajstić information content (AvgIpc) is 3.09. The standard InChI is InChI=1S/C26H55NO2.C18H36O2/c1-2-3-4-5-6-7-8-9-10-11-12-13-14-15-16-17-18-19-20-21-22-27(23-25-28)24-26-29;1-2-3-4-5-6-7-8-9-10-11-12-13-14-15-16-17-18(19)20/h28-29H,2-26H2,1H3;2-17H2,1H3,(H,19,20). The molecule has 0 heterocycles. The van der Waals surface area contributed by atoms with Crippen LogP contribution < -0.4 is 0 Å². The number of unbranched alkanes of at least 4 members (excludes halogenated alkanes) is 33. The molecule has 5 heteroatoms. The van der Waals surface area contributed by atoms with Crippen molar-refractivity contribution in [2.45, 2.75) is 245 Å². The van der Waals surface area contributed by atoms with Gasteiger partial charge in [-0.15, -0.1) is 0 Å². The smallest absolute Gasteiger partial charge is 0.303 e. The van der Waals surface area contributed by atoms with Crippen LogP contribution in [0.3, 0.4) is 0 Å². The minimum atomic E-state index is -0.653. The highest BCUT2D eigenvalue weighted by atomic mass is 16.4. The summed E-state index contributed by atoms with van der Waals surface area (Å²) in [6, 6.07) is 0. The predicted molar refractivity (Wildman–Crippen MR) is 216 cm³/mol. The van der Waals surface area contributed by atoms with Gasteiger partial charge in [-0.2, -0.15) is 0 Å². The van der Waals surface area contributed by atoms with Gasteiger partial charge in [-0.25, -0.2) is 0 Å². The van der Waals surface area contributed by atoms with Crippen molar-refractivity contribution in [3.05, 3.63) is 0 Å². The zero-order valence-electron chi connectivity index (χ0n) is 33.7. The Hall–Kier alpha value is -0.650. The molecule has 0 aliphatic carbocycles. The Morgan fingerprint density at radius 1 is 0.347 bits per heavy atom. The molecule has 0 aromatic rings. The summed E-state index contributed by atoms with van der Waals surface area (Å²) < 4.78 is 0. The number of aliphatic carboxylic acids is 1. The summed E-state index contributed by atoms with van der Waals surface area (Å²) in [5, 5.41) is 26.5. The van der Waals surface area contributed by atoms with Crippen LogP contribution in [-0.4, -0.2) is 59.0 Å². The summed E-state index contributed by atoms with van der Waals surface area (Å²) in [4.78, 5) is 12.5. The van der Waals surface area contributed by atoms with E-state index in [0.29, 0.717) is 19.5 Å². The van der Waals surface area contributed by atoms with Crippen molar-refractivity contribution in [3.63, 3.8) is 0 Å². The first-order chi connectivity index (χ1) is 24.1. The molecule has 0 amide bonds.